The van der Waals surface area contributed by atoms with Crippen LogP contribution in [0.5, 0.6) is 5.75 Å². The quantitative estimate of drug-likeness (QED) is 0.928. The van der Waals surface area contributed by atoms with E-state index in [0.29, 0.717) is 24.6 Å². The summed E-state index contributed by atoms with van der Waals surface area (Å²) in [5.74, 6) is -0.556. The zero-order chi connectivity index (χ0) is 15.0. The monoisotopic (exact) mass is 309 g/mol. The predicted octanol–water partition coefficient (Wildman–Crippen LogP) is 2.10. The largest absolute Gasteiger partial charge is 0.493 e. The first-order chi connectivity index (χ1) is 10.0. The van der Waals surface area contributed by atoms with E-state index < -0.39 is 11.9 Å². The van der Waals surface area contributed by atoms with Gasteiger partial charge in [-0.05, 0) is 24.1 Å². The normalized spacial score (nSPS) is 21.1. The third-order valence-corrected chi connectivity index (χ3v) is 4.25. The second kappa shape index (κ2) is 5.56. The number of nitrogens with zero attached hydrogens (tertiary/aromatic N) is 1. The minimum atomic E-state index is -0.847. The van der Waals surface area contributed by atoms with Gasteiger partial charge in [-0.2, -0.15) is 0 Å². The van der Waals surface area contributed by atoms with Gasteiger partial charge in [0.2, 0.25) is 5.91 Å². The van der Waals surface area contributed by atoms with Crippen LogP contribution in [0.15, 0.2) is 12.1 Å². The van der Waals surface area contributed by atoms with E-state index in [9.17, 15) is 9.59 Å². The number of halogens is 1. The number of ether oxygens (including phenoxy) is 1. The highest BCUT2D eigenvalue weighted by Crippen LogP contribution is 2.34. The van der Waals surface area contributed by atoms with Gasteiger partial charge in [0, 0.05) is 36.5 Å². The predicted molar refractivity (Wildman–Crippen MR) is 76.4 cm³/mol. The second-order valence-electron chi connectivity index (χ2n) is 5.50. The highest BCUT2D eigenvalue weighted by molar-refractivity contribution is 6.30. The fourth-order valence-electron chi connectivity index (χ4n) is 2.94. The van der Waals surface area contributed by atoms with Gasteiger partial charge in [-0.1, -0.05) is 11.6 Å². The average Bonchev–Trinajstić information content (AvgIpc) is 2.89. The Hall–Kier alpha value is -1.75. The number of aliphatic carboxylic acids is 1. The average molecular weight is 310 g/mol. The fourth-order valence-corrected chi connectivity index (χ4v) is 3.20. The van der Waals surface area contributed by atoms with E-state index in [1.807, 2.05) is 6.07 Å². The van der Waals surface area contributed by atoms with Crippen molar-refractivity contribution >= 4 is 23.5 Å². The van der Waals surface area contributed by atoms with E-state index in [4.69, 9.17) is 21.4 Å². The molecule has 0 aliphatic carbocycles. The Kier molecular flexibility index (Phi) is 3.76. The van der Waals surface area contributed by atoms with Gasteiger partial charge >= 0.3 is 5.97 Å². The van der Waals surface area contributed by atoms with E-state index in [2.05, 4.69) is 0 Å². The third kappa shape index (κ3) is 2.83. The number of rotatable bonds is 3. The lowest BCUT2D eigenvalue weighted by Crippen LogP contribution is -2.42. The molecule has 112 valence electrons. The maximum absolute atomic E-state index is 12.0. The number of carboxylic acid groups (broad SMARTS) is 1. The molecule has 5 nitrogen and oxygen atoms in total. The van der Waals surface area contributed by atoms with E-state index >= 15 is 0 Å². The lowest BCUT2D eigenvalue weighted by molar-refractivity contribution is -0.147. The van der Waals surface area contributed by atoms with Crippen molar-refractivity contribution in [3.8, 4) is 5.75 Å². The van der Waals surface area contributed by atoms with Crippen molar-refractivity contribution in [3.63, 3.8) is 0 Å². The summed E-state index contributed by atoms with van der Waals surface area (Å²) >= 11 is 6.11. The Balaban J connectivity index is 1.82. The first kappa shape index (κ1) is 14.2. The maximum Gasteiger partial charge on any atom is 0.308 e. The summed E-state index contributed by atoms with van der Waals surface area (Å²) in [6, 6.07) is 3.68. The molecule has 0 radical (unpaired) electrons. The van der Waals surface area contributed by atoms with Crippen LogP contribution in [0.4, 0.5) is 0 Å². The first-order valence-electron chi connectivity index (χ1n) is 6.99. The molecule has 0 aromatic heterocycles. The molecule has 1 amide bonds. The van der Waals surface area contributed by atoms with Gasteiger partial charge < -0.3 is 14.7 Å². The second-order valence-corrected chi connectivity index (χ2v) is 5.94. The zero-order valence-corrected chi connectivity index (χ0v) is 12.2. The number of hydrogen-bond donors (Lipinski definition) is 1. The Morgan fingerprint density at radius 2 is 2.24 bits per heavy atom. The smallest absolute Gasteiger partial charge is 0.308 e. The summed E-state index contributed by atoms with van der Waals surface area (Å²) < 4.78 is 5.62. The molecule has 1 atom stereocenters. The van der Waals surface area contributed by atoms with Crippen LogP contribution in [0.1, 0.15) is 24.0 Å². The van der Waals surface area contributed by atoms with Gasteiger partial charge in [0.1, 0.15) is 5.75 Å². The summed E-state index contributed by atoms with van der Waals surface area (Å²) in [6.45, 7) is 1.22. The molecular formula is C15H16ClNO4. The number of benzene rings is 1. The van der Waals surface area contributed by atoms with Gasteiger partial charge in [-0.15, -0.1) is 0 Å². The molecule has 6 heteroatoms. The molecule has 0 bridgehead atoms. The number of fused-ring (bicyclic) bond motifs is 1. The Morgan fingerprint density at radius 3 is 3.00 bits per heavy atom. The van der Waals surface area contributed by atoms with Crippen LogP contribution >= 0.6 is 11.6 Å². The van der Waals surface area contributed by atoms with E-state index in [0.717, 1.165) is 23.3 Å². The minimum Gasteiger partial charge on any atom is -0.493 e. The van der Waals surface area contributed by atoms with Gasteiger partial charge in [-0.3, -0.25) is 9.59 Å². The molecule has 1 saturated heterocycles. The van der Waals surface area contributed by atoms with Crippen molar-refractivity contribution in [2.45, 2.75) is 25.8 Å². The molecule has 2 heterocycles. The van der Waals surface area contributed by atoms with Crippen LogP contribution in [-0.4, -0.2) is 35.0 Å². The van der Waals surface area contributed by atoms with E-state index in [1.165, 1.54) is 0 Å². The van der Waals surface area contributed by atoms with Crippen molar-refractivity contribution < 1.29 is 19.4 Å². The van der Waals surface area contributed by atoms with Gasteiger partial charge in [0.15, 0.2) is 0 Å². The Labute approximate surface area is 127 Å². The minimum absolute atomic E-state index is 0.0146. The standard InChI is InChI=1S/C15H16ClNO4/c16-12-5-9-3-4-21-14(9)11(6-12)8-17-7-10(15(19)20)1-2-13(17)18/h5-6,10H,1-4,7-8H2,(H,19,20). The molecule has 0 spiro atoms. The molecule has 21 heavy (non-hydrogen) atoms. The summed E-state index contributed by atoms with van der Waals surface area (Å²) in [4.78, 5) is 24.7. The van der Waals surface area contributed by atoms with Crippen molar-refractivity contribution in [1.29, 1.82) is 0 Å². The number of likely N-dealkylation sites (tertiary alicyclic amines) is 1. The van der Waals surface area contributed by atoms with Gasteiger partial charge in [-0.25, -0.2) is 0 Å². The SMILES string of the molecule is O=C(O)C1CCC(=O)N(Cc2cc(Cl)cc3c2OCC3)C1. The first-order valence-corrected chi connectivity index (χ1v) is 7.37. The molecular weight excluding hydrogens is 294 g/mol. The Bertz CT molecular complexity index is 602. The van der Waals surface area contributed by atoms with E-state index in [1.54, 1.807) is 11.0 Å². The van der Waals surface area contributed by atoms with Crippen LogP contribution in [0.3, 0.4) is 0 Å². The number of hydrogen-bond acceptors (Lipinski definition) is 3. The summed E-state index contributed by atoms with van der Waals surface area (Å²) in [6.07, 6.45) is 1.50. The molecule has 1 N–H and O–H groups in total. The molecule has 1 aromatic carbocycles. The molecule has 0 saturated carbocycles. The number of carbonyl (C=O) groups excluding carboxylic acids is 1. The summed E-state index contributed by atoms with van der Waals surface area (Å²) in [5, 5.41) is 9.74. The van der Waals surface area contributed by atoms with Crippen molar-refractivity contribution in [3.05, 3.63) is 28.3 Å². The molecule has 1 aromatic rings. The topological polar surface area (TPSA) is 66.8 Å². The van der Waals surface area contributed by atoms with Gasteiger partial charge in [0.05, 0.1) is 12.5 Å². The fraction of sp³-hybridized carbons (Fsp3) is 0.467. The Morgan fingerprint density at radius 1 is 1.43 bits per heavy atom. The maximum atomic E-state index is 12.0. The number of carbonyl (C=O) groups is 2. The lowest BCUT2D eigenvalue weighted by Gasteiger charge is -2.31. The lowest BCUT2D eigenvalue weighted by atomic mass is 9.97. The number of amides is 1. The summed E-state index contributed by atoms with van der Waals surface area (Å²) in [7, 11) is 0. The van der Waals surface area contributed by atoms with Crippen LogP contribution in [0.25, 0.3) is 0 Å². The van der Waals surface area contributed by atoms with Crippen molar-refractivity contribution in [2.24, 2.45) is 5.92 Å². The molecule has 2 aliphatic heterocycles. The molecule has 1 fully saturated rings. The highest BCUT2D eigenvalue weighted by atomic mass is 35.5. The van der Waals surface area contributed by atoms with E-state index in [-0.39, 0.29) is 18.9 Å². The number of carboxylic acids is 1. The molecule has 3 rings (SSSR count). The highest BCUT2D eigenvalue weighted by Gasteiger charge is 2.31. The van der Waals surface area contributed by atoms with Crippen LogP contribution in [0.2, 0.25) is 5.02 Å². The van der Waals surface area contributed by atoms with Crippen LogP contribution in [-0.2, 0) is 22.6 Å². The van der Waals surface area contributed by atoms with Crippen molar-refractivity contribution in [1.82, 2.24) is 4.90 Å². The zero-order valence-electron chi connectivity index (χ0n) is 11.5. The number of piperidine rings is 1. The molecule has 1 unspecified atom stereocenters. The van der Waals surface area contributed by atoms with Gasteiger partial charge in [0.25, 0.3) is 0 Å². The van der Waals surface area contributed by atoms with Crippen molar-refractivity contribution in [2.75, 3.05) is 13.2 Å². The van der Waals surface area contributed by atoms with Crippen LogP contribution < -0.4 is 4.74 Å². The van der Waals surface area contributed by atoms with Crippen LogP contribution in [0, 0.1) is 5.92 Å². The summed E-state index contributed by atoms with van der Waals surface area (Å²) in [5.41, 5.74) is 1.91. The molecule has 2 aliphatic rings. The third-order valence-electron chi connectivity index (χ3n) is 4.04.